The Bertz CT molecular complexity index is 629. The van der Waals surface area contributed by atoms with Crippen LogP contribution in [0, 0.1) is 0 Å². The molecule has 0 atom stereocenters. The molecule has 2 aromatic rings. The van der Waals surface area contributed by atoms with Crippen molar-refractivity contribution in [1.82, 2.24) is 0 Å². The minimum atomic E-state index is -4.66. The van der Waals surface area contributed by atoms with Crippen LogP contribution in [-0.4, -0.2) is 12.7 Å². The Hall–Kier alpha value is -1.80. The first-order chi connectivity index (χ1) is 12.1. The molecule has 10 heteroatoms. The molecule has 0 aliphatic carbocycles. The maximum atomic E-state index is 11.8. The molecule has 0 saturated carbocycles. The highest BCUT2D eigenvalue weighted by Gasteiger charge is 2.32. The number of hydrogen-bond acceptors (Lipinski definition) is 2. The molecular formula is C16H12Cl2F6O2. The van der Waals surface area contributed by atoms with Crippen LogP contribution in [-0.2, 0) is 11.8 Å². The molecule has 2 aromatic carbocycles. The van der Waals surface area contributed by atoms with Crippen LogP contribution in [0.1, 0.15) is 11.1 Å². The zero-order valence-electron chi connectivity index (χ0n) is 12.9. The standard InChI is InChI=1S/2C8H6ClF3O/c2*9-5-6-3-1-2-4-7(6)13-8(10,11)12/h2*1-4H,5H2. The normalized spacial score (nSPS) is 11.4. The number of alkyl halides is 8. The van der Waals surface area contributed by atoms with Gasteiger partial charge in [0.2, 0.25) is 0 Å². The molecule has 0 N–H and O–H groups in total. The van der Waals surface area contributed by atoms with Gasteiger partial charge in [-0.1, -0.05) is 36.4 Å². The quantitative estimate of drug-likeness (QED) is 0.407. The van der Waals surface area contributed by atoms with E-state index in [4.69, 9.17) is 23.2 Å². The predicted molar refractivity (Wildman–Crippen MR) is 85.4 cm³/mol. The third-order valence-corrected chi connectivity index (χ3v) is 3.26. The van der Waals surface area contributed by atoms with Crippen molar-refractivity contribution >= 4 is 23.2 Å². The van der Waals surface area contributed by atoms with Crippen molar-refractivity contribution in [3.63, 3.8) is 0 Å². The van der Waals surface area contributed by atoms with Crippen molar-refractivity contribution < 1.29 is 35.8 Å². The van der Waals surface area contributed by atoms with Gasteiger partial charge in [0.05, 0.1) is 11.8 Å². The smallest absolute Gasteiger partial charge is 0.405 e. The monoisotopic (exact) mass is 420 g/mol. The zero-order chi connectivity index (χ0) is 19.8. The number of hydrogen-bond donors (Lipinski definition) is 0. The second kappa shape index (κ2) is 9.78. The van der Waals surface area contributed by atoms with Crippen LogP contribution in [0.15, 0.2) is 48.5 Å². The topological polar surface area (TPSA) is 18.5 Å². The maximum Gasteiger partial charge on any atom is 0.573 e. The van der Waals surface area contributed by atoms with Crippen LogP contribution < -0.4 is 9.47 Å². The summed E-state index contributed by atoms with van der Waals surface area (Å²) in [6, 6.07) is 11.5. The zero-order valence-corrected chi connectivity index (χ0v) is 14.4. The van der Waals surface area contributed by atoms with Gasteiger partial charge in [-0.05, 0) is 12.1 Å². The molecule has 0 unspecified atom stereocenters. The lowest BCUT2D eigenvalue weighted by Crippen LogP contribution is -2.17. The maximum absolute atomic E-state index is 11.8. The van der Waals surface area contributed by atoms with Crippen LogP contribution in [0.4, 0.5) is 26.3 Å². The lowest BCUT2D eigenvalue weighted by molar-refractivity contribution is -0.275. The molecule has 0 radical (unpaired) electrons. The van der Waals surface area contributed by atoms with Gasteiger partial charge in [-0.15, -0.1) is 49.5 Å². The fraction of sp³-hybridized carbons (Fsp3) is 0.250. The van der Waals surface area contributed by atoms with Crippen LogP contribution in [0.3, 0.4) is 0 Å². The third kappa shape index (κ3) is 8.53. The van der Waals surface area contributed by atoms with Gasteiger partial charge >= 0.3 is 12.7 Å². The summed E-state index contributed by atoms with van der Waals surface area (Å²) < 4.78 is 78.2. The molecular weight excluding hydrogens is 409 g/mol. The van der Waals surface area contributed by atoms with Crippen molar-refractivity contribution in [3.05, 3.63) is 59.7 Å². The van der Waals surface area contributed by atoms with Gasteiger partial charge < -0.3 is 9.47 Å². The minimum absolute atomic E-state index is 0.00769. The largest absolute Gasteiger partial charge is 0.573 e. The van der Waals surface area contributed by atoms with Crippen LogP contribution in [0.2, 0.25) is 0 Å². The molecule has 0 spiro atoms. The number of halogens is 8. The van der Waals surface area contributed by atoms with E-state index in [0.717, 1.165) is 0 Å². The second-order valence-corrected chi connectivity index (χ2v) is 5.11. The first-order valence-corrected chi connectivity index (χ1v) is 7.92. The molecule has 0 heterocycles. The van der Waals surface area contributed by atoms with Crippen LogP contribution in [0.5, 0.6) is 11.5 Å². The summed E-state index contributed by atoms with van der Waals surface area (Å²) in [5, 5.41) is 0. The molecule has 0 fully saturated rings. The third-order valence-electron chi connectivity index (χ3n) is 2.68. The Balaban J connectivity index is 0.000000260. The molecule has 144 valence electrons. The Labute approximate surface area is 155 Å². The van der Waals surface area contributed by atoms with E-state index in [1.54, 1.807) is 12.1 Å². The molecule has 2 nitrogen and oxygen atoms in total. The van der Waals surface area contributed by atoms with E-state index >= 15 is 0 Å². The molecule has 0 aromatic heterocycles. The summed E-state index contributed by atoms with van der Waals surface area (Å²) in [6.07, 6.45) is -9.33. The molecule has 0 aliphatic heterocycles. The van der Waals surface area contributed by atoms with Gasteiger partial charge in [0, 0.05) is 11.1 Å². The predicted octanol–water partition coefficient (Wildman–Crippen LogP) is 6.65. The average Bonchev–Trinajstić information content (AvgIpc) is 2.53. The Morgan fingerprint density at radius 1 is 0.615 bits per heavy atom. The van der Waals surface area contributed by atoms with E-state index in [2.05, 4.69) is 9.47 Å². The van der Waals surface area contributed by atoms with Crippen molar-refractivity contribution in [3.8, 4) is 11.5 Å². The van der Waals surface area contributed by atoms with E-state index in [-0.39, 0.29) is 23.3 Å². The summed E-state index contributed by atoms with van der Waals surface area (Å²) in [4.78, 5) is 0. The van der Waals surface area contributed by atoms with Gasteiger partial charge in [0.15, 0.2) is 0 Å². The Morgan fingerprint density at radius 3 is 1.19 bits per heavy atom. The first kappa shape index (κ1) is 22.2. The molecule has 26 heavy (non-hydrogen) atoms. The molecule has 0 bridgehead atoms. The highest BCUT2D eigenvalue weighted by atomic mass is 35.5. The molecule has 0 aliphatic rings. The summed E-state index contributed by atoms with van der Waals surface area (Å²) in [7, 11) is 0. The average molecular weight is 421 g/mol. The fourth-order valence-corrected chi connectivity index (χ4v) is 2.12. The Morgan fingerprint density at radius 2 is 0.923 bits per heavy atom. The number of benzene rings is 2. The van der Waals surface area contributed by atoms with Crippen LogP contribution >= 0.6 is 23.2 Å². The second-order valence-electron chi connectivity index (χ2n) is 4.58. The van der Waals surface area contributed by atoms with Crippen molar-refractivity contribution in [2.45, 2.75) is 24.5 Å². The molecule has 0 amide bonds. The summed E-state index contributed by atoms with van der Waals surface area (Å²) in [5.74, 6) is -0.506. The lowest BCUT2D eigenvalue weighted by atomic mass is 10.2. The molecule has 0 saturated heterocycles. The van der Waals surface area contributed by atoms with E-state index in [0.29, 0.717) is 11.1 Å². The SMILES string of the molecule is FC(F)(F)Oc1ccccc1CCl.FC(F)(F)Oc1ccccc1CCl. The number of para-hydroxylation sites is 2. The highest BCUT2D eigenvalue weighted by molar-refractivity contribution is 6.17. The van der Waals surface area contributed by atoms with E-state index in [9.17, 15) is 26.3 Å². The first-order valence-electron chi connectivity index (χ1n) is 6.85. The van der Waals surface area contributed by atoms with Crippen molar-refractivity contribution in [1.29, 1.82) is 0 Å². The number of ether oxygens (including phenoxy) is 2. The number of rotatable bonds is 4. The summed E-state index contributed by atoms with van der Waals surface area (Å²) in [5.41, 5.74) is 0.642. The van der Waals surface area contributed by atoms with E-state index in [1.807, 2.05) is 0 Å². The summed E-state index contributed by atoms with van der Waals surface area (Å²) >= 11 is 10.8. The summed E-state index contributed by atoms with van der Waals surface area (Å²) in [6.45, 7) is 0. The lowest BCUT2D eigenvalue weighted by Gasteiger charge is -2.11. The van der Waals surface area contributed by atoms with Gasteiger partial charge in [-0.2, -0.15) is 0 Å². The molecule has 2 rings (SSSR count). The van der Waals surface area contributed by atoms with Gasteiger partial charge in [0.1, 0.15) is 11.5 Å². The highest BCUT2D eigenvalue weighted by Crippen LogP contribution is 2.27. The van der Waals surface area contributed by atoms with Crippen molar-refractivity contribution in [2.75, 3.05) is 0 Å². The fourth-order valence-electron chi connectivity index (χ4n) is 1.68. The van der Waals surface area contributed by atoms with Gasteiger partial charge in [0.25, 0.3) is 0 Å². The van der Waals surface area contributed by atoms with E-state index < -0.39 is 12.7 Å². The van der Waals surface area contributed by atoms with Crippen LogP contribution in [0.25, 0.3) is 0 Å². The van der Waals surface area contributed by atoms with Gasteiger partial charge in [-0.25, -0.2) is 0 Å². The minimum Gasteiger partial charge on any atom is -0.405 e. The van der Waals surface area contributed by atoms with Gasteiger partial charge in [-0.3, -0.25) is 0 Å². The van der Waals surface area contributed by atoms with Crippen molar-refractivity contribution in [2.24, 2.45) is 0 Å². The Kier molecular flexibility index (Phi) is 8.36. The van der Waals surface area contributed by atoms with E-state index in [1.165, 1.54) is 36.4 Å².